The Bertz CT molecular complexity index is 1290. The molecule has 0 saturated carbocycles. The van der Waals surface area contributed by atoms with Gasteiger partial charge in [-0.25, -0.2) is 4.98 Å². The van der Waals surface area contributed by atoms with Crippen molar-refractivity contribution in [2.24, 2.45) is 0 Å². The lowest BCUT2D eigenvalue weighted by Gasteiger charge is -2.05. The summed E-state index contributed by atoms with van der Waals surface area (Å²) in [5.74, 6) is 0. The van der Waals surface area contributed by atoms with Crippen molar-refractivity contribution in [2.75, 3.05) is 0 Å². The number of thiophene rings is 1. The van der Waals surface area contributed by atoms with Gasteiger partial charge in [-0.05, 0) is 54.8 Å². The Labute approximate surface area is 175 Å². The largest absolute Gasteiger partial charge is 0.247 e. The molecule has 0 aliphatic carbocycles. The van der Waals surface area contributed by atoms with Crippen molar-refractivity contribution < 1.29 is 0 Å². The van der Waals surface area contributed by atoms with E-state index in [-0.39, 0.29) is 0 Å². The molecule has 3 aromatic carbocycles. The molecule has 0 aliphatic heterocycles. The highest BCUT2D eigenvalue weighted by Gasteiger charge is 2.09. The third-order valence-corrected chi connectivity index (χ3v) is 6.28. The van der Waals surface area contributed by atoms with Crippen LogP contribution in [0.15, 0.2) is 91.0 Å². The number of fused-ring (bicyclic) bond motifs is 1. The van der Waals surface area contributed by atoms with Gasteiger partial charge >= 0.3 is 0 Å². The fraction of sp³-hybridized carbons (Fsp3) is 0.0741. The highest BCUT2D eigenvalue weighted by atomic mass is 32.1. The van der Waals surface area contributed by atoms with E-state index >= 15 is 0 Å². The van der Waals surface area contributed by atoms with Crippen molar-refractivity contribution in [2.45, 2.75) is 13.8 Å². The first-order chi connectivity index (χ1) is 14.2. The highest BCUT2D eigenvalue weighted by Crippen LogP contribution is 2.35. The van der Waals surface area contributed by atoms with Crippen LogP contribution in [0.2, 0.25) is 0 Å². The maximum atomic E-state index is 4.98. The van der Waals surface area contributed by atoms with Crippen LogP contribution in [0.1, 0.15) is 11.1 Å². The van der Waals surface area contributed by atoms with Gasteiger partial charge in [0.2, 0.25) is 0 Å². The summed E-state index contributed by atoms with van der Waals surface area (Å²) in [6.07, 6.45) is 0. The summed E-state index contributed by atoms with van der Waals surface area (Å²) in [7, 11) is 0. The Hall–Kier alpha value is -3.23. The van der Waals surface area contributed by atoms with Crippen LogP contribution in [0.4, 0.5) is 0 Å². The Balaban J connectivity index is 1.55. The molecule has 5 rings (SSSR count). The molecule has 0 atom stereocenters. The summed E-state index contributed by atoms with van der Waals surface area (Å²) >= 11 is 1.81. The van der Waals surface area contributed by atoms with Crippen LogP contribution in [-0.2, 0) is 0 Å². The molecular formula is C27H21NS. The van der Waals surface area contributed by atoms with Gasteiger partial charge < -0.3 is 0 Å². The molecule has 2 heteroatoms. The van der Waals surface area contributed by atoms with E-state index in [9.17, 15) is 0 Å². The number of rotatable bonds is 3. The molecule has 2 heterocycles. The van der Waals surface area contributed by atoms with E-state index in [1.165, 1.54) is 37.4 Å². The molecule has 2 aromatic heterocycles. The highest BCUT2D eigenvalue weighted by molar-refractivity contribution is 7.22. The molecule has 1 nitrogen and oxygen atoms in total. The minimum Gasteiger partial charge on any atom is -0.247 e. The summed E-state index contributed by atoms with van der Waals surface area (Å²) < 4.78 is 1.22. The van der Waals surface area contributed by atoms with Gasteiger partial charge in [-0.2, -0.15) is 0 Å². The Morgan fingerprint density at radius 1 is 0.586 bits per heavy atom. The lowest BCUT2D eigenvalue weighted by Crippen LogP contribution is -1.84. The zero-order valence-corrected chi connectivity index (χ0v) is 17.3. The molecule has 0 fully saturated rings. The molecule has 0 aliphatic rings. The monoisotopic (exact) mass is 391 g/mol. The number of aryl methyl sites for hydroxylation is 2. The average molecular weight is 392 g/mol. The first kappa shape index (κ1) is 17.8. The summed E-state index contributed by atoms with van der Waals surface area (Å²) in [5, 5.41) is 0. The minimum absolute atomic E-state index is 1.01. The second-order valence-corrected chi connectivity index (χ2v) is 8.60. The molecule has 0 amide bonds. The average Bonchev–Trinajstić information content (AvgIpc) is 3.17. The number of pyridine rings is 1. The van der Waals surface area contributed by atoms with Crippen LogP contribution in [-0.4, -0.2) is 4.98 Å². The number of hydrogen-bond donors (Lipinski definition) is 0. The number of hydrogen-bond acceptors (Lipinski definition) is 2. The van der Waals surface area contributed by atoms with Gasteiger partial charge in [0, 0.05) is 10.4 Å². The van der Waals surface area contributed by atoms with E-state index in [0.717, 1.165) is 16.8 Å². The zero-order chi connectivity index (χ0) is 19.8. The third kappa shape index (κ3) is 3.59. The van der Waals surface area contributed by atoms with Crippen LogP contribution in [0.3, 0.4) is 0 Å². The van der Waals surface area contributed by atoms with E-state index in [1.807, 2.05) is 17.4 Å². The Morgan fingerprint density at radius 2 is 1.31 bits per heavy atom. The first-order valence-electron chi connectivity index (χ1n) is 9.81. The van der Waals surface area contributed by atoms with Crippen molar-refractivity contribution in [3.63, 3.8) is 0 Å². The molecule has 0 saturated heterocycles. The normalized spacial score (nSPS) is 11.1. The zero-order valence-electron chi connectivity index (χ0n) is 16.5. The van der Waals surface area contributed by atoms with Crippen LogP contribution >= 0.6 is 11.3 Å². The van der Waals surface area contributed by atoms with E-state index in [2.05, 4.69) is 98.8 Å². The van der Waals surface area contributed by atoms with Crippen LogP contribution in [0, 0.1) is 13.8 Å². The Morgan fingerprint density at radius 3 is 2.10 bits per heavy atom. The molecule has 0 radical (unpaired) electrons. The van der Waals surface area contributed by atoms with Crippen molar-refractivity contribution in [3.8, 4) is 32.8 Å². The summed E-state index contributed by atoms with van der Waals surface area (Å²) in [6.45, 7) is 4.31. The quantitative estimate of drug-likeness (QED) is 0.304. The molecule has 5 aromatic rings. The van der Waals surface area contributed by atoms with E-state index < -0.39 is 0 Å². The van der Waals surface area contributed by atoms with Crippen LogP contribution in [0.25, 0.3) is 43.0 Å². The van der Waals surface area contributed by atoms with Gasteiger partial charge in [0.1, 0.15) is 0 Å². The Kier molecular flexibility index (Phi) is 4.49. The lowest BCUT2D eigenvalue weighted by molar-refractivity contribution is 1.39. The van der Waals surface area contributed by atoms with Crippen molar-refractivity contribution in [1.29, 1.82) is 0 Å². The van der Waals surface area contributed by atoms with Gasteiger partial charge in [-0.1, -0.05) is 77.9 Å². The second kappa shape index (κ2) is 7.31. The molecule has 29 heavy (non-hydrogen) atoms. The van der Waals surface area contributed by atoms with Gasteiger partial charge in [0.15, 0.2) is 0 Å². The van der Waals surface area contributed by atoms with Crippen LogP contribution in [0.5, 0.6) is 0 Å². The minimum atomic E-state index is 1.01. The molecule has 0 spiro atoms. The van der Waals surface area contributed by atoms with Crippen molar-refractivity contribution >= 4 is 21.6 Å². The standard InChI is InChI=1S/C27H21NS/c1-18-13-19(2)15-23(14-18)27-17-25-26(29-27)12-11-24(28-25)22-10-6-9-21(16-22)20-7-4-3-5-8-20/h3-17H,1-2H3. The predicted molar refractivity (Wildman–Crippen MR) is 125 cm³/mol. The molecule has 140 valence electrons. The van der Waals surface area contributed by atoms with E-state index in [4.69, 9.17) is 4.98 Å². The maximum absolute atomic E-state index is 4.98. The van der Waals surface area contributed by atoms with Gasteiger partial charge in [-0.15, -0.1) is 11.3 Å². The molecular weight excluding hydrogens is 370 g/mol. The van der Waals surface area contributed by atoms with Gasteiger partial charge in [-0.3, -0.25) is 0 Å². The SMILES string of the molecule is Cc1cc(C)cc(-c2cc3nc(-c4cccc(-c5ccccc5)c4)ccc3s2)c1. The predicted octanol–water partition coefficient (Wildman–Crippen LogP) is 7.91. The summed E-state index contributed by atoms with van der Waals surface area (Å²) in [5.41, 5.74) is 9.53. The van der Waals surface area contributed by atoms with E-state index in [0.29, 0.717) is 0 Å². The van der Waals surface area contributed by atoms with Gasteiger partial charge in [0.05, 0.1) is 15.9 Å². The molecule has 0 N–H and O–H groups in total. The summed E-state index contributed by atoms with van der Waals surface area (Å²) in [6, 6.07) is 32.4. The number of benzene rings is 3. The summed E-state index contributed by atoms with van der Waals surface area (Å²) in [4.78, 5) is 6.25. The third-order valence-electron chi connectivity index (χ3n) is 5.15. The number of nitrogens with zero attached hydrogens (tertiary/aromatic N) is 1. The molecule has 0 unspecified atom stereocenters. The molecule has 0 bridgehead atoms. The van der Waals surface area contributed by atoms with E-state index in [1.54, 1.807) is 0 Å². The second-order valence-electron chi connectivity index (χ2n) is 7.51. The van der Waals surface area contributed by atoms with Crippen molar-refractivity contribution in [1.82, 2.24) is 4.98 Å². The lowest BCUT2D eigenvalue weighted by atomic mass is 10.0. The number of aromatic nitrogens is 1. The van der Waals surface area contributed by atoms with Gasteiger partial charge in [0.25, 0.3) is 0 Å². The van der Waals surface area contributed by atoms with Crippen LogP contribution < -0.4 is 0 Å². The maximum Gasteiger partial charge on any atom is 0.0823 e. The first-order valence-corrected chi connectivity index (χ1v) is 10.6. The smallest absolute Gasteiger partial charge is 0.0823 e. The fourth-order valence-electron chi connectivity index (χ4n) is 3.83. The fourth-order valence-corrected chi connectivity index (χ4v) is 4.82. The van der Waals surface area contributed by atoms with Crippen molar-refractivity contribution in [3.05, 3.63) is 102 Å². The topological polar surface area (TPSA) is 12.9 Å².